The van der Waals surface area contributed by atoms with E-state index in [1.165, 1.54) is 6.07 Å². The quantitative estimate of drug-likeness (QED) is 0.697. The van der Waals surface area contributed by atoms with E-state index in [1.807, 2.05) is 42.5 Å². The van der Waals surface area contributed by atoms with Crippen molar-refractivity contribution in [3.05, 3.63) is 71.8 Å². The van der Waals surface area contributed by atoms with Crippen molar-refractivity contribution in [1.82, 2.24) is 15.1 Å². The molecule has 5 rings (SSSR count). The second-order valence-corrected chi connectivity index (χ2v) is 7.91. The monoisotopic (exact) mass is 426 g/mol. The van der Waals surface area contributed by atoms with Crippen molar-refractivity contribution in [1.29, 1.82) is 0 Å². The number of hydrogen-bond donors (Lipinski definition) is 1. The fourth-order valence-corrected chi connectivity index (χ4v) is 4.60. The highest BCUT2D eigenvalue weighted by Gasteiger charge is 2.39. The Morgan fingerprint density at radius 1 is 1.17 bits per heavy atom. The van der Waals surface area contributed by atoms with E-state index in [1.54, 1.807) is 16.8 Å². The topological polar surface area (TPSA) is 50.2 Å². The number of amides is 1. The molecule has 0 bridgehead atoms. The van der Waals surface area contributed by atoms with Gasteiger partial charge in [-0.05, 0) is 52.9 Å². The van der Waals surface area contributed by atoms with Crippen LogP contribution >= 0.6 is 12.4 Å². The molecule has 3 heterocycles. The minimum Gasteiger partial charge on any atom is -0.315 e. The van der Waals surface area contributed by atoms with Crippen molar-refractivity contribution >= 4 is 24.0 Å². The molecular weight excluding hydrogens is 403 g/mol. The van der Waals surface area contributed by atoms with Gasteiger partial charge in [0.15, 0.2) is 0 Å². The molecule has 30 heavy (non-hydrogen) atoms. The van der Waals surface area contributed by atoms with Crippen LogP contribution in [-0.2, 0) is 18.3 Å². The van der Waals surface area contributed by atoms with Gasteiger partial charge >= 0.3 is 0 Å². The number of carbonyl (C=O) groups excluding carboxylic acids is 1. The van der Waals surface area contributed by atoms with Crippen molar-refractivity contribution in [2.24, 2.45) is 13.0 Å². The van der Waals surface area contributed by atoms with Gasteiger partial charge in [-0.15, -0.1) is 12.4 Å². The van der Waals surface area contributed by atoms with E-state index in [0.29, 0.717) is 13.1 Å². The summed E-state index contributed by atoms with van der Waals surface area (Å²) in [5, 5.41) is 7.64. The number of fused-ring (bicyclic) bond motifs is 1. The van der Waals surface area contributed by atoms with Crippen LogP contribution < -0.4 is 10.2 Å². The van der Waals surface area contributed by atoms with Gasteiger partial charge in [-0.3, -0.25) is 9.48 Å². The first-order valence-corrected chi connectivity index (χ1v) is 9.99. The first kappa shape index (κ1) is 20.6. The van der Waals surface area contributed by atoms with E-state index in [4.69, 9.17) is 0 Å². The molecule has 1 aromatic heterocycles. The summed E-state index contributed by atoms with van der Waals surface area (Å²) in [4.78, 5) is 15.3. The largest absolute Gasteiger partial charge is 0.315 e. The second kappa shape index (κ2) is 8.20. The van der Waals surface area contributed by atoms with Crippen LogP contribution in [0.3, 0.4) is 0 Å². The average molecular weight is 427 g/mol. The Balaban J connectivity index is 0.00000218. The zero-order chi connectivity index (χ0) is 20.0. The van der Waals surface area contributed by atoms with Crippen LogP contribution in [0.4, 0.5) is 10.1 Å². The van der Waals surface area contributed by atoms with Gasteiger partial charge in [-0.2, -0.15) is 5.10 Å². The van der Waals surface area contributed by atoms with Crippen LogP contribution in [0.1, 0.15) is 17.0 Å². The summed E-state index contributed by atoms with van der Waals surface area (Å²) in [7, 11) is 1.90. The van der Waals surface area contributed by atoms with Crippen LogP contribution in [0.2, 0.25) is 0 Å². The maximum Gasteiger partial charge on any atom is 0.232 e. The smallest absolute Gasteiger partial charge is 0.232 e. The second-order valence-electron chi connectivity index (χ2n) is 7.91. The molecule has 2 aromatic carbocycles. The van der Waals surface area contributed by atoms with E-state index >= 15 is 0 Å². The summed E-state index contributed by atoms with van der Waals surface area (Å²) in [5.74, 6) is -0.0176. The number of aryl methyl sites for hydroxylation is 1. The average Bonchev–Trinajstić information content (AvgIpc) is 3.46. The number of halogens is 2. The molecule has 1 N–H and O–H groups in total. The number of rotatable bonds is 3. The highest BCUT2D eigenvalue weighted by molar-refractivity contribution is 5.98. The van der Waals surface area contributed by atoms with E-state index in [9.17, 15) is 9.18 Å². The maximum absolute atomic E-state index is 13.6. The minimum atomic E-state index is -0.241. The van der Waals surface area contributed by atoms with Crippen LogP contribution in [-0.4, -0.2) is 35.3 Å². The highest BCUT2D eigenvalue weighted by Crippen LogP contribution is 2.36. The summed E-state index contributed by atoms with van der Waals surface area (Å²) in [6.45, 7) is 2.17. The Morgan fingerprint density at radius 2 is 2.00 bits per heavy atom. The van der Waals surface area contributed by atoms with Crippen LogP contribution in [0.5, 0.6) is 0 Å². The van der Waals surface area contributed by atoms with Gasteiger partial charge in [0.25, 0.3) is 0 Å². The molecule has 0 saturated carbocycles. The number of nitrogens with one attached hydrogen (secondary N) is 1. The fourth-order valence-electron chi connectivity index (χ4n) is 4.60. The van der Waals surface area contributed by atoms with E-state index < -0.39 is 0 Å². The SMILES string of the molecule is Cl.Cn1cc([C@H]2CNC[C@@H]2C(=O)N2CCc3cc(-c4cccc(F)c4)ccc32)cn1. The first-order chi connectivity index (χ1) is 14.1. The van der Waals surface area contributed by atoms with Gasteiger partial charge in [0.2, 0.25) is 5.91 Å². The highest BCUT2D eigenvalue weighted by atomic mass is 35.5. The third-order valence-corrected chi connectivity index (χ3v) is 6.08. The minimum absolute atomic E-state index is 0. The zero-order valence-corrected chi connectivity index (χ0v) is 17.5. The molecule has 2 aliphatic heterocycles. The maximum atomic E-state index is 13.6. The molecule has 7 heteroatoms. The molecular formula is C23H24ClFN4O. The normalized spacial score (nSPS) is 20.1. The predicted molar refractivity (Wildman–Crippen MR) is 117 cm³/mol. The van der Waals surface area contributed by atoms with Crippen molar-refractivity contribution in [2.45, 2.75) is 12.3 Å². The van der Waals surface area contributed by atoms with Gasteiger partial charge in [0.1, 0.15) is 5.82 Å². The van der Waals surface area contributed by atoms with Crippen LogP contribution in [0, 0.1) is 11.7 Å². The molecule has 1 fully saturated rings. The molecule has 0 spiro atoms. The van der Waals surface area contributed by atoms with E-state index in [0.717, 1.165) is 40.9 Å². The van der Waals surface area contributed by atoms with Crippen molar-refractivity contribution in [3.63, 3.8) is 0 Å². The molecule has 0 unspecified atom stereocenters. The predicted octanol–water partition coefficient (Wildman–Crippen LogP) is 3.54. The van der Waals surface area contributed by atoms with Crippen molar-refractivity contribution < 1.29 is 9.18 Å². The van der Waals surface area contributed by atoms with Crippen LogP contribution in [0.25, 0.3) is 11.1 Å². The summed E-state index contributed by atoms with van der Waals surface area (Å²) in [5.41, 5.74) is 5.07. The standard InChI is InChI=1S/C23H23FN4O.ClH/c1-27-14-18(11-26-27)20-12-25-13-21(20)23(29)28-8-7-17-9-16(5-6-22(17)28)15-3-2-4-19(24)10-15;/h2-6,9-11,14,20-21,25H,7-8,12-13H2,1H3;1H/t20-,21+;/m1./s1. The Morgan fingerprint density at radius 3 is 2.77 bits per heavy atom. The molecule has 0 aliphatic carbocycles. The summed E-state index contributed by atoms with van der Waals surface area (Å²) < 4.78 is 15.4. The number of hydrogen-bond acceptors (Lipinski definition) is 3. The Labute approximate surface area is 181 Å². The van der Waals surface area contributed by atoms with E-state index in [2.05, 4.69) is 16.5 Å². The molecule has 156 valence electrons. The lowest BCUT2D eigenvalue weighted by Crippen LogP contribution is -2.37. The van der Waals surface area contributed by atoms with Crippen molar-refractivity contribution in [3.8, 4) is 11.1 Å². The summed E-state index contributed by atoms with van der Waals surface area (Å²) in [6, 6.07) is 12.7. The lowest BCUT2D eigenvalue weighted by Gasteiger charge is -2.24. The molecule has 3 aromatic rings. The van der Waals surface area contributed by atoms with Gasteiger partial charge in [0.05, 0.1) is 12.1 Å². The van der Waals surface area contributed by atoms with Gasteiger partial charge in [0, 0.05) is 44.5 Å². The molecule has 2 atom stereocenters. The zero-order valence-electron chi connectivity index (χ0n) is 16.7. The third-order valence-electron chi connectivity index (χ3n) is 6.08. The van der Waals surface area contributed by atoms with Gasteiger partial charge < -0.3 is 10.2 Å². The number of benzene rings is 2. The number of anilines is 1. The Bertz CT molecular complexity index is 1080. The fraction of sp³-hybridized carbons (Fsp3) is 0.304. The molecule has 1 saturated heterocycles. The Hall–Kier alpha value is -2.70. The summed E-state index contributed by atoms with van der Waals surface area (Å²) >= 11 is 0. The third kappa shape index (κ3) is 3.61. The van der Waals surface area contributed by atoms with Gasteiger partial charge in [-0.25, -0.2) is 4.39 Å². The molecule has 2 aliphatic rings. The molecule has 0 radical (unpaired) electrons. The number of carbonyl (C=O) groups is 1. The van der Waals surface area contributed by atoms with Crippen molar-refractivity contribution in [2.75, 3.05) is 24.5 Å². The number of aromatic nitrogens is 2. The molecule has 5 nitrogen and oxygen atoms in total. The van der Waals surface area contributed by atoms with Gasteiger partial charge in [-0.1, -0.05) is 18.2 Å². The number of nitrogens with zero attached hydrogens (tertiary/aromatic N) is 3. The van der Waals surface area contributed by atoms with Crippen LogP contribution in [0.15, 0.2) is 54.9 Å². The Kier molecular flexibility index (Phi) is 5.62. The molecule has 1 amide bonds. The van der Waals surface area contributed by atoms with E-state index in [-0.39, 0.29) is 36.0 Å². The lowest BCUT2D eigenvalue weighted by molar-refractivity contribution is -0.122. The summed E-state index contributed by atoms with van der Waals surface area (Å²) in [6.07, 6.45) is 4.68. The first-order valence-electron chi connectivity index (χ1n) is 9.99. The lowest BCUT2D eigenvalue weighted by atomic mass is 9.89.